The van der Waals surface area contributed by atoms with Crippen molar-refractivity contribution in [3.05, 3.63) is 27.7 Å². The van der Waals surface area contributed by atoms with Crippen molar-refractivity contribution in [1.29, 1.82) is 0 Å². The summed E-state index contributed by atoms with van der Waals surface area (Å²) in [6.45, 7) is 3.67. The minimum atomic E-state index is -0.844. The Balaban J connectivity index is 1.63. The first-order valence-electron chi connectivity index (χ1n) is 9.28. The number of hydrogen-bond acceptors (Lipinski definition) is 6. The highest BCUT2D eigenvalue weighted by Gasteiger charge is 2.41. The second-order valence-corrected chi connectivity index (χ2v) is 7.24. The standard InChI is InChI=1S/C18H23N3O6/c1-10-4-6-27-13-9-20-8-12(17(24)19-7-11-3-2-5-26-11)15(22)16(23)14(20)18(25)21(10)13/h8,10-11,13,23H,2-7,9H2,1H3,(H,19,24)/t10-,11?,13+/m1/s1. The van der Waals surface area contributed by atoms with Gasteiger partial charge in [0.05, 0.1) is 19.3 Å². The van der Waals surface area contributed by atoms with Crippen molar-refractivity contribution in [2.75, 3.05) is 19.8 Å². The van der Waals surface area contributed by atoms with E-state index in [0.717, 1.165) is 12.8 Å². The summed E-state index contributed by atoms with van der Waals surface area (Å²) in [6.07, 6.45) is 3.29. The summed E-state index contributed by atoms with van der Waals surface area (Å²) in [6, 6.07) is -0.0473. The lowest BCUT2D eigenvalue weighted by Gasteiger charge is -2.44. The fraction of sp³-hybridized carbons (Fsp3) is 0.611. The zero-order valence-electron chi connectivity index (χ0n) is 15.1. The molecule has 2 fully saturated rings. The van der Waals surface area contributed by atoms with E-state index in [-0.39, 0.29) is 29.9 Å². The summed E-state index contributed by atoms with van der Waals surface area (Å²) in [7, 11) is 0. The van der Waals surface area contributed by atoms with E-state index in [0.29, 0.717) is 26.2 Å². The highest BCUT2D eigenvalue weighted by Crippen LogP contribution is 2.29. The van der Waals surface area contributed by atoms with Crippen LogP contribution in [0.25, 0.3) is 0 Å². The van der Waals surface area contributed by atoms with Gasteiger partial charge in [-0.25, -0.2) is 0 Å². The Kier molecular flexibility index (Phi) is 4.65. The van der Waals surface area contributed by atoms with Crippen LogP contribution in [0.2, 0.25) is 0 Å². The molecular weight excluding hydrogens is 354 g/mol. The Hall–Kier alpha value is -2.39. The third-order valence-corrected chi connectivity index (χ3v) is 5.44. The number of carbonyl (C=O) groups excluding carboxylic acids is 2. The zero-order chi connectivity index (χ0) is 19.1. The first-order valence-corrected chi connectivity index (χ1v) is 9.28. The Labute approximate surface area is 155 Å². The van der Waals surface area contributed by atoms with Gasteiger partial charge in [0.2, 0.25) is 5.43 Å². The van der Waals surface area contributed by atoms with Crippen molar-refractivity contribution in [1.82, 2.24) is 14.8 Å². The zero-order valence-corrected chi connectivity index (χ0v) is 15.1. The first-order chi connectivity index (χ1) is 13.0. The minimum Gasteiger partial charge on any atom is -0.503 e. The molecule has 146 valence electrons. The molecule has 1 unspecified atom stereocenters. The molecule has 2 saturated heterocycles. The van der Waals surface area contributed by atoms with Crippen LogP contribution in [0, 0.1) is 0 Å². The van der Waals surface area contributed by atoms with Crippen LogP contribution >= 0.6 is 0 Å². The van der Waals surface area contributed by atoms with Crippen molar-refractivity contribution in [3.63, 3.8) is 0 Å². The highest BCUT2D eigenvalue weighted by molar-refractivity contribution is 5.99. The molecule has 2 amide bonds. The number of amides is 2. The predicted octanol–water partition coefficient (Wildman–Crippen LogP) is 0.0534. The lowest BCUT2D eigenvalue weighted by Crippen LogP contribution is -2.57. The number of nitrogens with zero attached hydrogens (tertiary/aromatic N) is 2. The van der Waals surface area contributed by atoms with Crippen LogP contribution in [-0.4, -0.2) is 64.5 Å². The summed E-state index contributed by atoms with van der Waals surface area (Å²) < 4.78 is 12.6. The van der Waals surface area contributed by atoms with E-state index in [4.69, 9.17) is 9.47 Å². The average Bonchev–Trinajstić information content (AvgIpc) is 3.16. The van der Waals surface area contributed by atoms with Crippen LogP contribution in [0.5, 0.6) is 5.75 Å². The monoisotopic (exact) mass is 377 g/mol. The molecular formula is C18H23N3O6. The molecule has 3 atom stereocenters. The van der Waals surface area contributed by atoms with Gasteiger partial charge in [0.15, 0.2) is 17.7 Å². The second kappa shape index (κ2) is 6.97. The maximum Gasteiger partial charge on any atom is 0.276 e. The molecule has 1 aromatic heterocycles. The number of hydrogen-bond donors (Lipinski definition) is 2. The van der Waals surface area contributed by atoms with Gasteiger partial charge in [-0.3, -0.25) is 14.4 Å². The Bertz CT molecular complexity index is 829. The van der Waals surface area contributed by atoms with Crippen LogP contribution < -0.4 is 10.7 Å². The molecule has 2 N–H and O–H groups in total. The van der Waals surface area contributed by atoms with E-state index in [1.54, 1.807) is 4.90 Å². The molecule has 0 radical (unpaired) electrons. The lowest BCUT2D eigenvalue weighted by molar-refractivity contribution is -0.112. The quantitative estimate of drug-likeness (QED) is 0.770. The van der Waals surface area contributed by atoms with Crippen molar-refractivity contribution in [2.24, 2.45) is 0 Å². The van der Waals surface area contributed by atoms with Crippen molar-refractivity contribution < 1.29 is 24.2 Å². The van der Waals surface area contributed by atoms with Crippen molar-refractivity contribution in [2.45, 2.75) is 51.1 Å². The van der Waals surface area contributed by atoms with Gasteiger partial charge in [0, 0.05) is 25.4 Å². The molecule has 1 aromatic rings. The van der Waals surface area contributed by atoms with Crippen molar-refractivity contribution in [3.8, 4) is 5.75 Å². The molecule has 0 saturated carbocycles. The number of fused-ring (bicyclic) bond motifs is 2. The largest absolute Gasteiger partial charge is 0.503 e. The van der Waals surface area contributed by atoms with E-state index in [2.05, 4.69) is 5.32 Å². The Morgan fingerprint density at radius 1 is 1.30 bits per heavy atom. The third kappa shape index (κ3) is 3.10. The second-order valence-electron chi connectivity index (χ2n) is 7.24. The summed E-state index contributed by atoms with van der Waals surface area (Å²) in [4.78, 5) is 39.3. The smallest absolute Gasteiger partial charge is 0.276 e. The molecule has 4 heterocycles. The third-order valence-electron chi connectivity index (χ3n) is 5.44. The van der Waals surface area contributed by atoms with Gasteiger partial charge < -0.3 is 29.4 Å². The summed E-state index contributed by atoms with van der Waals surface area (Å²) in [5.41, 5.74) is -1.13. The molecule has 0 aliphatic carbocycles. The van der Waals surface area contributed by atoms with E-state index in [1.807, 2.05) is 6.92 Å². The van der Waals surface area contributed by atoms with Gasteiger partial charge in [-0.05, 0) is 26.2 Å². The molecule has 4 rings (SSSR count). The minimum absolute atomic E-state index is 0.0473. The number of pyridine rings is 1. The number of nitrogens with one attached hydrogen (secondary N) is 1. The van der Waals surface area contributed by atoms with Gasteiger partial charge in [-0.2, -0.15) is 0 Å². The van der Waals surface area contributed by atoms with Crippen LogP contribution in [0.4, 0.5) is 0 Å². The molecule has 0 bridgehead atoms. The summed E-state index contributed by atoms with van der Waals surface area (Å²) >= 11 is 0. The molecule has 3 aliphatic rings. The average molecular weight is 377 g/mol. The van der Waals surface area contributed by atoms with E-state index in [1.165, 1.54) is 10.8 Å². The van der Waals surface area contributed by atoms with E-state index >= 15 is 0 Å². The van der Waals surface area contributed by atoms with E-state index < -0.39 is 29.2 Å². The SMILES string of the molecule is C[C@@H]1CCO[C@H]2Cn3cc(C(=O)NCC4CCCO4)c(=O)c(O)c3C(=O)N12. The number of rotatable bonds is 3. The van der Waals surface area contributed by atoms with Gasteiger partial charge in [-0.1, -0.05) is 0 Å². The molecule has 3 aliphatic heterocycles. The molecule has 9 nitrogen and oxygen atoms in total. The normalized spacial score (nSPS) is 27.2. The summed E-state index contributed by atoms with van der Waals surface area (Å²) in [5, 5.41) is 13.0. The maximum absolute atomic E-state index is 12.8. The van der Waals surface area contributed by atoms with Crippen LogP contribution in [0.1, 0.15) is 47.0 Å². The summed E-state index contributed by atoms with van der Waals surface area (Å²) in [5.74, 6) is -1.74. The van der Waals surface area contributed by atoms with Crippen molar-refractivity contribution >= 4 is 11.8 Å². The molecule has 27 heavy (non-hydrogen) atoms. The number of aromatic nitrogens is 1. The number of ether oxygens (including phenoxy) is 2. The lowest BCUT2D eigenvalue weighted by atomic mass is 10.1. The van der Waals surface area contributed by atoms with Gasteiger partial charge >= 0.3 is 0 Å². The van der Waals surface area contributed by atoms with Crippen LogP contribution in [0.15, 0.2) is 11.0 Å². The first kappa shape index (κ1) is 18.0. The fourth-order valence-electron chi connectivity index (χ4n) is 3.93. The molecule has 9 heteroatoms. The molecule has 0 spiro atoms. The number of carbonyl (C=O) groups is 2. The highest BCUT2D eigenvalue weighted by atomic mass is 16.5. The number of aromatic hydroxyl groups is 1. The van der Waals surface area contributed by atoms with Crippen LogP contribution in [0.3, 0.4) is 0 Å². The topological polar surface area (TPSA) is 110 Å². The van der Waals surface area contributed by atoms with E-state index in [9.17, 15) is 19.5 Å². The fourth-order valence-corrected chi connectivity index (χ4v) is 3.93. The van der Waals surface area contributed by atoms with Gasteiger partial charge in [0.25, 0.3) is 11.8 Å². The Morgan fingerprint density at radius 3 is 2.85 bits per heavy atom. The molecule has 0 aromatic carbocycles. The predicted molar refractivity (Wildman–Crippen MR) is 93.7 cm³/mol. The van der Waals surface area contributed by atoms with Gasteiger partial charge in [0.1, 0.15) is 5.56 Å². The van der Waals surface area contributed by atoms with Crippen LogP contribution in [-0.2, 0) is 16.0 Å². The maximum atomic E-state index is 12.8. The van der Waals surface area contributed by atoms with Gasteiger partial charge in [-0.15, -0.1) is 0 Å². The Morgan fingerprint density at radius 2 is 2.11 bits per heavy atom.